The highest BCUT2D eigenvalue weighted by molar-refractivity contribution is 5.90. The number of likely N-dealkylation sites (tertiary alicyclic amines) is 1. The lowest BCUT2D eigenvalue weighted by Crippen LogP contribution is -2.46. The fourth-order valence-electron chi connectivity index (χ4n) is 3.03. The number of H-pyrrole nitrogens is 1. The Balaban J connectivity index is 1.65. The molecule has 0 bridgehead atoms. The van der Waals surface area contributed by atoms with E-state index in [2.05, 4.69) is 28.9 Å². The van der Waals surface area contributed by atoms with E-state index in [0.29, 0.717) is 23.9 Å². The number of nitrogens with two attached hydrogens (primary N) is 1. The van der Waals surface area contributed by atoms with E-state index in [-0.39, 0.29) is 23.7 Å². The van der Waals surface area contributed by atoms with Gasteiger partial charge in [-0.15, -0.1) is 0 Å². The summed E-state index contributed by atoms with van der Waals surface area (Å²) in [5, 5.41) is 6.69. The summed E-state index contributed by atoms with van der Waals surface area (Å²) in [5.74, 6) is -0.183. The lowest BCUT2D eigenvalue weighted by atomic mass is 9.95. The zero-order valence-corrected chi connectivity index (χ0v) is 13.4. The second-order valence-corrected chi connectivity index (χ2v) is 6.40. The first-order valence-corrected chi connectivity index (χ1v) is 7.89. The first-order valence-electron chi connectivity index (χ1n) is 7.89. The van der Waals surface area contributed by atoms with Crippen molar-refractivity contribution in [1.29, 1.82) is 0 Å². The van der Waals surface area contributed by atoms with Crippen LogP contribution in [0.4, 0.5) is 14.6 Å². The van der Waals surface area contributed by atoms with Gasteiger partial charge < -0.3 is 10.5 Å². The number of fused-ring (bicyclic) bond motifs is 1. The number of alkyl halides is 1. The van der Waals surface area contributed by atoms with Gasteiger partial charge in [-0.3, -0.25) is 10.00 Å². The van der Waals surface area contributed by atoms with Crippen molar-refractivity contribution in [2.45, 2.75) is 32.5 Å². The number of aromatic nitrogens is 2. The van der Waals surface area contributed by atoms with Crippen LogP contribution in [0.2, 0.25) is 0 Å². The quantitative estimate of drug-likeness (QED) is 0.907. The standard InChI is InChI=1S/C16H22F2N4O/c1-9(2)22-4-3-10(13(18)7-22)8-23-11-5-12(17)15-14(6-11)20-21-16(15)19/h5-6,9-10,13H,3-4,7-8H2,1-2H3,(H3,19,20,21)/t10-,13+/m0/s1. The minimum absolute atomic E-state index is 0.119. The zero-order chi connectivity index (χ0) is 16.6. The van der Waals surface area contributed by atoms with Crippen LogP contribution < -0.4 is 10.5 Å². The first kappa shape index (κ1) is 16.0. The van der Waals surface area contributed by atoms with Gasteiger partial charge in [0.2, 0.25) is 0 Å². The number of rotatable bonds is 4. The third-order valence-corrected chi connectivity index (χ3v) is 4.52. The average molecular weight is 324 g/mol. The summed E-state index contributed by atoms with van der Waals surface area (Å²) in [6.07, 6.45) is -0.191. The monoisotopic (exact) mass is 324 g/mol. The first-order chi connectivity index (χ1) is 11.0. The molecule has 3 rings (SSSR count). The Morgan fingerprint density at radius 2 is 2.26 bits per heavy atom. The Labute approximate surface area is 133 Å². The van der Waals surface area contributed by atoms with Crippen molar-refractivity contribution >= 4 is 16.7 Å². The molecule has 1 saturated heterocycles. The molecule has 0 spiro atoms. The number of hydrogen-bond donors (Lipinski definition) is 2. The number of nitrogens with zero attached hydrogens (tertiary/aromatic N) is 2. The summed E-state index contributed by atoms with van der Waals surface area (Å²) in [4.78, 5) is 2.13. The van der Waals surface area contributed by atoms with Crippen molar-refractivity contribution in [2.75, 3.05) is 25.4 Å². The average Bonchev–Trinajstić information content (AvgIpc) is 2.87. The molecule has 2 heterocycles. The van der Waals surface area contributed by atoms with E-state index in [4.69, 9.17) is 10.5 Å². The van der Waals surface area contributed by atoms with Crippen LogP contribution in [-0.2, 0) is 0 Å². The highest BCUT2D eigenvalue weighted by atomic mass is 19.1. The van der Waals surface area contributed by atoms with Crippen LogP contribution >= 0.6 is 0 Å². The highest BCUT2D eigenvalue weighted by Gasteiger charge is 2.30. The molecule has 0 unspecified atom stereocenters. The van der Waals surface area contributed by atoms with Crippen LogP contribution in [0.25, 0.3) is 10.9 Å². The predicted molar refractivity (Wildman–Crippen MR) is 85.7 cm³/mol. The highest BCUT2D eigenvalue weighted by Crippen LogP contribution is 2.28. The minimum Gasteiger partial charge on any atom is -0.493 e. The molecule has 7 heteroatoms. The van der Waals surface area contributed by atoms with Crippen LogP contribution in [-0.4, -0.2) is 47.0 Å². The number of anilines is 1. The molecular formula is C16H22F2N4O. The fourth-order valence-corrected chi connectivity index (χ4v) is 3.03. The predicted octanol–water partition coefficient (Wildman–Crippen LogP) is 2.73. The number of hydrogen-bond acceptors (Lipinski definition) is 4. The molecule has 1 aromatic carbocycles. The van der Waals surface area contributed by atoms with Crippen molar-refractivity contribution in [3.8, 4) is 5.75 Å². The van der Waals surface area contributed by atoms with Gasteiger partial charge in [0, 0.05) is 30.6 Å². The summed E-state index contributed by atoms with van der Waals surface area (Å²) in [5.41, 5.74) is 6.07. The second kappa shape index (κ2) is 6.31. The molecular weight excluding hydrogens is 302 g/mol. The number of nitrogen functional groups attached to an aromatic ring is 1. The smallest absolute Gasteiger partial charge is 0.156 e. The second-order valence-electron chi connectivity index (χ2n) is 6.40. The molecule has 0 amide bonds. The van der Waals surface area contributed by atoms with Crippen LogP contribution in [0.1, 0.15) is 20.3 Å². The summed E-state index contributed by atoms with van der Waals surface area (Å²) in [6, 6.07) is 3.25. The molecule has 2 aromatic rings. The van der Waals surface area contributed by atoms with Gasteiger partial charge in [-0.05, 0) is 26.8 Å². The van der Waals surface area contributed by atoms with Gasteiger partial charge in [0.25, 0.3) is 0 Å². The molecule has 1 aliphatic rings. The van der Waals surface area contributed by atoms with E-state index < -0.39 is 12.0 Å². The SMILES string of the molecule is CC(C)N1CC[C@@H](COc2cc(F)c3c(N)n[nH]c3c2)[C@H](F)C1. The van der Waals surface area contributed by atoms with Crippen LogP contribution in [0.15, 0.2) is 12.1 Å². The Morgan fingerprint density at radius 3 is 2.96 bits per heavy atom. The number of ether oxygens (including phenoxy) is 1. The van der Waals surface area contributed by atoms with Gasteiger partial charge in [-0.2, -0.15) is 5.10 Å². The maximum atomic E-state index is 14.3. The van der Waals surface area contributed by atoms with Crippen LogP contribution in [0.5, 0.6) is 5.75 Å². The van der Waals surface area contributed by atoms with Crippen molar-refractivity contribution in [3.63, 3.8) is 0 Å². The van der Waals surface area contributed by atoms with Crippen LogP contribution in [0, 0.1) is 11.7 Å². The van der Waals surface area contributed by atoms with Crippen molar-refractivity contribution in [1.82, 2.24) is 15.1 Å². The molecule has 0 radical (unpaired) electrons. The molecule has 3 N–H and O–H groups in total. The largest absolute Gasteiger partial charge is 0.493 e. The topological polar surface area (TPSA) is 67.2 Å². The third-order valence-electron chi connectivity index (χ3n) is 4.52. The zero-order valence-electron chi connectivity index (χ0n) is 13.4. The maximum Gasteiger partial charge on any atom is 0.156 e. The minimum atomic E-state index is -0.928. The van der Waals surface area contributed by atoms with E-state index in [1.165, 1.54) is 6.07 Å². The molecule has 0 aliphatic carbocycles. The van der Waals surface area contributed by atoms with Crippen molar-refractivity contribution < 1.29 is 13.5 Å². The van der Waals surface area contributed by atoms with Gasteiger partial charge in [0.1, 0.15) is 17.7 Å². The molecule has 5 nitrogen and oxygen atoms in total. The summed E-state index contributed by atoms with van der Waals surface area (Å²) >= 11 is 0. The maximum absolute atomic E-state index is 14.3. The molecule has 0 saturated carbocycles. The summed E-state index contributed by atoms with van der Waals surface area (Å²) in [7, 11) is 0. The number of piperidine rings is 1. The Kier molecular flexibility index (Phi) is 4.39. The Bertz CT molecular complexity index is 688. The van der Waals surface area contributed by atoms with E-state index in [1.807, 2.05) is 0 Å². The van der Waals surface area contributed by atoms with Gasteiger partial charge in [0.15, 0.2) is 5.82 Å². The van der Waals surface area contributed by atoms with Gasteiger partial charge in [0.05, 0.1) is 17.5 Å². The molecule has 23 heavy (non-hydrogen) atoms. The summed E-state index contributed by atoms with van der Waals surface area (Å²) in [6.45, 7) is 5.66. The normalized spacial score (nSPS) is 22.8. The third kappa shape index (κ3) is 3.24. The molecule has 126 valence electrons. The molecule has 1 aliphatic heterocycles. The number of aromatic amines is 1. The Hall–Kier alpha value is -1.89. The number of halogens is 2. The lowest BCUT2D eigenvalue weighted by molar-refractivity contribution is 0.0423. The fraction of sp³-hybridized carbons (Fsp3) is 0.562. The van der Waals surface area contributed by atoms with E-state index in [0.717, 1.165) is 13.0 Å². The van der Waals surface area contributed by atoms with E-state index >= 15 is 0 Å². The van der Waals surface area contributed by atoms with E-state index in [1.54, 1.807) is 6.07 Å². The summed E-state index contributed by atoms with van der Waals surface area (Å²) < 4.78 is 33.9. The number of nitrogens with one attached hydrogen (secondary N) is 1. The molecule has 1 aromatic heterocycles. The Morgan fingerprint density at radius 1 is 1.48 bits per heavy atom. The van der Waals surface area contributed by atoms with Gasteiger partial charge >= 0.3 is 0 Å². The van der Waals surface area contributed by atoms with Crippen molar-refractivity contribution in [3.05, 3.63) is 17.9 Å². The molecule has 2 atom stereocenters. The van der Waals surface area contributed by atoms with Gasteiger partial charge in [-0.25, -0.2) is 8.78 Å². The van der Waals surface area contributed by atoms with Crippen molar-refractivity contribution in [2.24, 2.45) is 5.92 Å². The lowest BCUT2D eigenvalue weighted by Gasteiger charge is -2.36. The molecule has 1 fully saturated rings. The van der Waals surface area contributed by atoms with E-state index in [9.17, 15) is 8.78 Å². The van der Waals surface area contributed by atoms with Gasteiger partial charge in [-0.1, -0.05) is 0 Å². The van der Waals surface area contributed by atoms with Crippen LogP contribution in [0.3, 0.4) is 0 Å². The number of benzene rings is 1.